The topological polar surface area (TPSA) is 41.6 Å². The molecule has 1 aromatic rings. The summed E-state index contributed by atoms with van der Waals surface area (Å²) >= 11 is 0. The molecule has 1 saturated carbocycles. The van der Waals surface area contributed by atoms with Crippen molar-refractivity contribution in [2.45, 2.75) is 31.7 Å². The lowest BCUT2D eigenvalue weighted by Gasteiger charge is -2.34. The van der Waals surface area contributed by atoms with E-state index in [9.17, 15) is 4.79 Å². The number of nitrogens with zero attached hydrogens (tertiary/aromatic N) is 1. The van der Waals surface area contributed by atoms with Crippen LogP contribution in [-0.2, 0) is 4.79 Å². The molecule has 1 atom stereocenters. The number of nitrogens with one attached hydrogen (secondary N) is 1. The molecular formula is C16H22N2O2. The van der Waals surface area contributed by atoms with Crippen LogP contribution in [0.25, 0.3) is 0 Å². The van der Waals surface area contributed by atoms with Crippen molar-refractivity contribution in [2.75, 3.05) is 25.1 Å². The highest BCUT2D eigenvalue weighted by atomic mass is 16.5. The third kappa shape index (κ3) is 2.52. The van der Waals surface area contributed by atoms with Gasteiger partial charge in [0.1, 0.15) is 5.75 Å². The lowest BCUT2D eigenvalue weighted by molar-refractivity contribution is -0.121. The van der Waals surface area contributed by atoms with Crippen LogP contribution in [-0.4, -0.2) is 32.1 Å². The summed E-state index contributed by atoms with van der Waals surface area (Å²) in [4.78, 5) is 14.1. The van der Waals surface area contributed by atoms with Gasteiger partial charge in [-0.15, -0.1) is 0 Å². The monoisotopic (exact) mass is 274 g/mol. The second-order valence-corrected chi connectivity index (χ2v) is 5.70. The van der Waals surface area contributed by atoms with Crippen LogP contribution in [0.2, 0.25) is 0 Å². The van der Waals surface area contributed by atoms with E-state index in [1.807, 2.05) is 36.2 Å². The first-order valence-corrected chi connectivity index (χ1v) is 7.49. The molecule has 1 N–H and O–H groups in total. The Bertz CT molecular complexity index is 483. The van der Waals surface area contributed by atoms with E-state index in [0.717, 1.165) is 18.0 Å². The highest BCUT2D eigenvalue weighted by Crippen LogP contribution is 2.33. The number of fused-ring (bicyclic) bond motifs is 1. The molecule has 4 nitrogen and oxygen atoms in total. The molecule has 1 heterocycles. The normalized spacial score (nSPS) is 20.6. The zero-order valence-electron chi connectivity index (χ0n) is 12.0. The molecular weight excluding hydrogens is 252 g/mol. The largest absolute Gasteiger partial charge is 0.482 e. The zero-order chi connectivity index (χ0) is 13.9. The molecule has 108 valence electrons. The molecule has 0 saturated heterocycles. The SMILES string of the molecule is CNC(CN1C(=O)COc2ccccc21)C1CCCC1. The van der Waals surface area contributed by atoms with Gasteiger partial charge < -0.3 is 15.0 Å². The molecule has 1 amide bonds. The number of hydrogen-bond donors (Lipinski definition) is 1. The number of amides is 1. The summed E-state index contributed by atoms with van der Waals surface area (Å²) < 4.78 is 5.50. The molecule has 0 spiro atoms. The van der Waals surface area contributed by atoms with Crippen molar-refractivity contribution in [1.82, 2.24) is 5.32 Å². The van der Waals surface area contributed by atoms with Gasteiger partial charge in [0.2, 0.25) is 0 Å². The van der Waals surface area contributed by atoms with E-state index in [4.69, 9.17) is 4.74 Å². The van der Waals surface area contributed by atoms with Crippen LogP contribution in [0.5, 0.6) is 5.75 Å². The summed E-state index contributed by atoms with van der Waals surface area (Å²) in [7, 11) is 2.00. The third-order valence-corrected chi connectivity index (χ3v) is 4.53. The highest BCUT2D eigenvalue weighted by Gasteiger charge is 2.31. The minimum atomic E-state index is 0.0574. The molecule has 0 aromatic heterocycles. The number of likely N-dealkylation sites (N-methyl/N-ethyl adjacent to an activating group) is 1. The number of hydrogen-bond acceptors (Lipinski definition) is 3. The molecule has 3 rings (SSSR count). The molecule has 1 aromatic carbocycles. The Labute approximate surface area is 120 Å². The predicted octanol–water partition coefficient (Wildman–Crippen LogP) is 2.19. The Morgan fingerprint density at radius 1 is 1.35 bits per heavy atom. The van der Waals surface area contributed by atoms with E-state index >= 15 is 0 Å². The van der Waals surface area contributed by atoms with Crippen LogP contribution in [0.1, 0.15) is 25.7 Å². The first kappa shape index (κ1) is 13.4. The number of rotatable bonds is 4. The summed E-state index contributed by atoms with van der Waals surface area (Å²) in [6, 6.07) is 8.16. The number of carbonyl (C=O) groups is 1. The molecule has 4 heteroatoms. The fraction of sp³-hybridized carbons (Fsp3) is 0.562. The van der Waals surface area contributed by atoms with Crippen LogP contribution in [0.4, 0.5) is 5.69 Å². The quantitative estimate of drug-likeness (QED) is 0.915. The van der Waals surface area contributed by atoms with Gasteiger partial charge in [-0.3, -0.25) is 4.79 Å². The maximum atomic E-state index is 12.2. The number of para-hydroxylation sites is 2. The van der Waals surface area contributed by atoms with Gasteiger partial charge in [-0.2, -0.15) is 0 Å². The van der Waals surface area contributed by atoms with Gasteiger partial charge in [-0.1, -0.05) is 25.0 Å². The molecule has 1 aliphatic carbocycles. The van der Waals surface area contributed by atoms with E-state index in [2.05, 4.69) is 5.32 Å². The minimum absolute atomic E-state index is 0.0574. The van der Waals surface area contributed by atoms with E-state index < -0.39 is 0 Å². The smallest absolute Gasteiger partial charge is 0.265 e. The first-order valence-electron chi connectivity index (χ1n) is 7.49. The third-order valence-electron chi connectivity index (χ3n) is 4.53. The summed E-state index contributed by atoms with van der Waals surface area (Å²) in [5, 5.41) is 3.41. The van der Waals surface area contributed by atoms with Gasteiger partial charge in [0.15, 0.2) is 6.61 Å². The van der Waals surface area contributed by atoms with Gasteiger partial charge in [-0.05, 0) is 37.9 Å². The number of carbonyl (C=O) groups excluding carboxylic acids is 1. The Hall–Kier alpha value is -1.55. The molecule has 20 heavy (non-hydrogen) atoms. The van der Waals surface area contributed by atoms with Crippen molar-refractivity contribution in [3.63, 3.8) is 0 Å². The lowest BCUT2D eigenvalue weighted by atomic mass is 9.97. The van der Waals surface area contributed by atoms with Gasteiger partial charge in [0.25, 0.3) is 5.91 Å². The molecule has 0 radical (unpaired) electrons. The average molecular weight is 274 g/mol. The molecule has 1 aliphatic heterocycles. The van der Waals surface area contributed by atoms with Crippen molar-refractivity contribution in [3.05, 3.63) is 24.3 Å². The van der Waals surface area contributed by atoms with Crippen LogP contribution < -0.4 is 15.0 Å². The van der Waals surface area contributed by atoms with E-state index in [1.165, 1.54) is 25.7 Å². The molecule has 0 bridgehead atoms. The number of anilines is 1. The second kappa shape index (κ2) is 5.83. The van der Waals surface area contributed by atoms with E-state index in [-0.39, 0.29) is 12.5 Å². The fourth-order valence-electron chi connectivity index (χ4n) is 3.39. The highest BCUT2D eigenvalue weighted by molar-refractivity contribution is 5.97. The summed E-state index contributed by atoms with van der Waals surface area (Å²) in [5.41, 5.74) is 0.905. The van der Waals surface area contributed by atoms with E-state index in [0.29, 0.717) is 12.0 Å². The maximum Gasteiger partial charge on any atom is 0.265 e. The minimum Gasteiger partial charge on any atom is -0.482 e. The van der Waals surface area contributed by atoms with Gasteiger partial charge in [0, 0.05) is 12.6 Å². The standard InChI is InChI=1S/C16H22N2O2/c1-17-13(12-6-2-3-7-12)10-18-14-8-4-5-9-15(14)20-11-16(18)19/h4-5,8-9,12-13,17H,2-3,6-7,10-11H2,1H3. The molecule has 1 fully saturated rings. The summed E-state index contributed by atoms with van der Waals surface area (Å²) in [5.74, 6) is 1.55. The van der Waals surface area contributed by atoms with Crippen molar-refractivity contribution in [2.24, 2.45) is 5.92 Å². The Balaban J connectivity index is 1.79. The second-order valence-electron chi connectivity index (χ2n) is 5.70. The average Bonchev–Trinajstić information content (AvgIpc) is 3.00. The maximum absolute atomic E-state index is 12.2. The van der Waals surface area contributed by atoms with Crippen LogP contribution >= 0.6 is 0 Å². The Morgan fingerprint density at radius 3 is 2.85 bits per heavy atom. The predicted molar refractivity (Wildman–Crippen MR) is 79.1 cm³/mol. The summed E-state index contributed by atoms with van der Waals surface area (Å²) in [6.45, 7) is 0.887. The number of ether oxygens (including phenoxy) is 1. The number of benzene rings is 1. The Kier molecular flexibility index (Phi) is 3.92. The Morgan fingerprint density at radius 2 is 2.10 bits per heavy atom. The molecule has 1 unspecified atom stereocenters. The van der Waals surface area contributed by atoms with E-state index in [1.54, 1.807) is 0 Å². The van der Waals surface area contributed by atoms with Gasteiger partial charge in [-0.25, -0.2) is 0 Å². The zero-order valence-corrected chi connectivity index (χ0v) is 12.0. The lowest BCUT2D eigenvalue weighted by Crippen LogP contribution is -2.48. The van der Waals surface area contributed by atoms with Crippen LogP contribution in [0.15, 0.2) is 24.3 Å². The van der Waals surface area contributed by atoms with Gasteiger partial charge in [0.05, 0.1) is 5.69 Å². The van der Waals surface area contributed by atoms with Crippen molar-refractivity contribution < 1.29 is 9.53 Å². The van der Waals surface area contributed by atoms with Crippen LogP contribution in [0, 0.1) is 5.92 Å². The van der Waals surface area contributed by atoms with Crippen molar-refractivity contribution in [3.8, 4) is 5.75 Å². The first-order chi connectivity index (χ1) is 9.79. The molecule has 2 aliphatic rings. The fourth-order valence-corrected chi connectivity index (χ4v) is 3.39. The van der Waals surface area contributed by atoms with Crippen LogP contribution in [0.3, 0.4) is 0 Å². The summed E-state index contributed by atoms with van der Waals surface area (Å²) in [6.07, 6.45) is 5.17. The van der Waals surface area contributed by atoms with Crippen molar-refractivity contribution >= 4 is 11.6 Å². The van der Waals surface area contributed by atoms with Gasteiger partial charge >= 0.3 is 0 Å². The van der Waals surface area contributed by atoms with Crippen molar-refractivity contribution in [1.29, 1.82) is 0 Å².